The van der Waals surface area contributed by atoms with Crippen LogP contribution in [0.4, 0.5) is 0 Å². The molecule has 158 valence electrons. The van der Waals surface area contributed by atoms with Crippen molar-refractivity contribution in [1.29, 1.82) is 0 Å². The molecule has 1 aromatic heterocycles. The molecule has 1 unspecified atom stereocenters. The highest BCUT2D eigenvalue weighted by Crippen LogP contribution is 2.23. The molecule has 1 fully saturated rings. The molecule has 0 saturated carbocycles. The highest BCUT2D eigenvalue weighted by molar-refractivity contribution is 5.94. The number of aliphatic carboxylic acids is 1. The van der Waals surface area contributed by atoms with E-state index < -0.39 is 5.97 Å². The summed E-state index contributed by atoms with van der Waals surface area (Å²) < 4.78 is 0. The molecule has 0 bridgehead atoms. The molecule has 0 radical (unpaired) electrons. The van der Waals surface area contributed by atoms with Crippen molar-refractivity contribution in [2.24, 2.45) is 5.92 Å². The summed E-state index contributed by atoms with van der Waals surface area (Å²) in [6.45, 7) is 4.67. The van der Waals surface area contributed by atoms with Gasteiger partial charge in [-0.25, -0.2) is 0 Å². The number of carboxylic acids is 1. The predicted molar refractivity (Wildman–Crippen MR) is 117 cm³/mol. The maximum atomic E-state index is 12.9. The van der Waals surface area contributed by atoms with Gasteiger partial charge in [0.2, 0.25) is 0 Å². The summed E-state index contributed by atoms with van der Waals surface area (Å²) >= 11 is 0. The van der Waals surface area contributed by atoms with Gasteiger partial charge in [-0.2, -0.15) is 0 Å². The Bertz CT molecular complexity index is 886. The van der Waals surface area contributed by atoms with Gasteiger partial charge in [0.05, 0.1) is 5.56 Å². The van der Waals surface area contributed by atoms with E-state index in [1.807, 2.05) is 23.2 Å². The highest BCUT2D eigenvalue weighted by atomic mass is 16.4. The van der Waals surface area contributed by atoms with Gasteiger partial charge in [-0.1, -0.05) is 36.4 Å². The van der Waals surface area contributed by atoms with Crippen LogP contribution < -0.4 is 5.32 Å². The first-order valence-electron chi connectivity index (χ1n) is 10.4. The van der Waals surface area contributed by atoms with Crippen molar-refractivity contribution in [3.63, 3.8) is 0 Å². The minimum atomic E-state index is -0.833. The number of nitrogens with zero attached hydrogens (tertiary/aromatic N) is 2. The summed E-state index contributed by atoms with van der Waals surface area (Å²) in [5.41, 5.74) is 4.47. The summed E-state index contributed by atoms with van der Waals surface area (Å²) in [4.78, 5) is 28.1. The average Bonchev–Trinajstić information content (AvgIpc) is 3.27. The van der Waals surface area contributed by atoms with Gasteiger partial charge in [-0.3, -0.25) is 14.6 Å². The standard InChI is InChI=1S/C22H25N3O.C2H4O2/c26-22(21-13-18(15-24-16-21)12-17-6-9-23-14-17)25-10-7-20(8-11-25)19-4-2-1-3-5-19;1-2(3)4/h1-5,7,13,15-17,23H,6,8-12,14H2;1H3,(H,3,4). The molecule has 1 aromatic carbocycles. The Balaban J connectivity index is 0.000000589. The number of benzene rings is 1. The second-order valence-electron chi connectivity index (χ2n) is 7.76. The molecule has 6 heteroatoms. The number of aromatic nitrogens is 1. The minimum Gasteiger partial charge on any atom is -0.481 e. The number of carboxylic acid groups (broad SMARTS) is 1. The Morgan fingerprint density at radius 1 is 1.23 bits per heavy atom. The minimum absolute atomic E-state index is 0.0901. The Morgan fingerprint density at radius 3 is 2.63 bits per heavy atom. The predicted octanol–water partition coefficient (Wildman–Crippen LogP) is 3.25. The third-order valence-corrected chi connectivity index (χ3v) is 5.37. The maximum Gasteiger partial charge on any atom is 0.300 e. The lowest BCUT2D eigenvalue weighted by atomic mass is 9.98. The number of nitrogens with one attached hydrogen (secondary N) is 1. The summed E-state index contributed by atoms with van der Waals surface area (Å²) in [7, 11) is 0. The number of hydrogen-bond donors (Lipinski definition) is 2. The lowest BCUT2D eigenvalue weighted by Gasteiger charge is -2.27. The van der Waals surface area contributed by atoms with E-state index in [4.69, 9.17) is 9.90 Å². The Labute approximate surface area is 177 Å². The van der Waals surface area contributed by atoms with Crippen molar-refractivity contribution in [3.8, 4) is 0 Å². The van der Waals surface area contributed by atoms with E-state index in [1.165, 1.54) is 23.1 Å². The summed E-state index contributed by atoms with van der Waals surface area (Å²) in [6, 6.07) is 12.5. The molecule has 1 atom stereocenters. The van der Waals surface area contributed by atoms with Crippen LogP contribution in [0.2, 0.25) is 0 Å². The molecule has 2 aliphatic heterocycles. The van der Waals surface area contributed by atoms with E-state index in [1.54, 1.807) is 6.20 Å². The smallest absolute Gasteiger partial charge is 0.300 e. The first kappa shape index (κ1) is 21.7. The molecule has 1 saturated heterocycles. The first-order chi connectivity index (χ1) is 14.5. The highest BCUT2D eigenvalue weighted by Gasteiger charge is 2.21. The quantitative estimate of drug-likeness (QED) is 0.813. The molecular formula is C24H29N3O3. The number of carbonyl (C=O) groups is 2. The van der Waals surface area contributed by atoms with E-state index in [-0.39, 0.29) is 5.91 Å². The molecular weight excluding hydrogens is 378 g/mol. The summed E-state index contributed by atoms with van der Waals surface area (Å²) in [5.74, 6) is -0.0826. The van der Waals surface area contributed by atoms with Gasteiger partial charge in [0, 0.05) is 32.4 Å². The topological polar surface area (TPSA) is 82.5 Å². The molecule has 3 heterocycles. The second kappa shape index (κ2) is 10.7. The summed E-state index contributed by atoms with van der Waals surface area (Å²) in [6.07, 6.45) is 8.89. The maximum absolute atomic E-state index is 12.9. The van der Waals surface area contributed by atoms with Crippen molar-refractivity contribution in [2.45, 2.75) is 26.2 Å². The van der Waals surface area contributed by atoms with Gasteiger partial charge in [-0.15, -0.1) is 0 Å². The van der Waals surface area contributed by atoms with Gasteiger partial charge in [0.15, 0.2) is 0 Å². The zero-order valence-electron chi connectivity index (χ0n) is 17.4. The number of carbonyl (C=O) groups excluding carboxylic acids is 1. The van der Waals surface area contributed by atoms with E-state index in [2.05, 4.69) is 40.6 Å². The zero-order valence-corrected chi connectivity index (χ0v) is 17.4. The molecule has 2 aromatic rings. The number of hydrogen-bond acceptors (Lipinski definition) is 4. The van der Waals surface area contributed by atoms with Crippen LogP contribution in [0.1, 0.15) is 41.3 Å². The van der Waals surface area contributed by atoms with Crippen molar-refractivity contribution in [2.75, 3.05) is 26.2 Å². The lowest BCUT2D eigenvalue weighted by molar-refractivity contribution is -0.134. The lowest BCUT2D eigenvalue weighted by Crippen LogP contribution is -2.34. The van der Waals surface area contributed by atoms with Gasteiger partial charge in [0.1, 0.15) is 0 Å². The Kier molecular flexibility index (Phi) is 7.74. The van der Waals surface area contributed by atoms with Crippen molar-refractivity contribution >= 4 is 17.4 Å². The monoisotopic (exact) mass is 407 g/mol. The number of amides is 1. The normalized spacial score (nSPS) is 18.2. The zero-order chi connectivity index (χ0) is 21.3. The fourth-order valence-corrected chi connectivity index (χ4v) is 3.89. The van der Waals surface area contributed by atoms with Crippen molar-refractivity contribution in [1.82, 2.24) is 15.2 Å². The molecule has 0 aliphatic carbocycles. The van der Waals surface area contributed by atoms with Crippen LogP contribution in [0, 0.1) is 5.92 Å². The third-order valence-electron chi connectivity index (χ3n) is 5.37. The van der Waals surface area contributed by atoms with Crippen molar-refractivity contribution < 1.29 is 14.7 Å². The van der Waals surface area contributed by atoms with Crippen LogP contribution in [0.25, 0.3) is 5.57 Å². The fraction of sp³-hybridized carbons (Fsp3) is 0.375. The van der Waals surface area contributed by atoms with Crippen LogP contribution in [0.3, 0.4) is 0 Å². The van der Waals surface area contributed by atoms with Crippen LogP contribution >= 0.6 is 0 Å². The van der Waals surface area contributed by atoms with Gasteiger partial charge in [-0.05, 0) is 61.0 Å². The fourth-order valence-electron chi connectivity index (χ4n) is 3.89. The molecule has 4 rings (SSSR count). The van der Waals surface area contributed by atoms with Gasteiger partial charge < -0.3 is 15.3 Å². The number of pyridine rings is 1. The van der Waals surface area contributed by atoms with E-state index in [0.717, 1.165) is 39.4 Å². The number of rotatable bonds is 4. The summed E-state index contributed by atoms with van der Waals surface area (Å²) in [5, 5.41) is 10.8. The van der Waals surface area contributed by atoms with Crippen LogP contribution in [-0.2, 0) is 11.2 Å². The van der Waals surface area contributed by atoms with E-state index in [9.17, 15) is 4.79 Å². The Hall–Kier alpha value is -2.99. The molecule has 6 nitrogen and oxygen atoms in total. The SMILES string of the molecule is CC(=O)O.O=C(c1cncc(CC2CCNC2)c1)N1CC=C(c2ccccc2)CC1. The molecule has 1 amide bonds. The van der Waals surface area contributed by atoms with Gasteiger partial charge in [0.25, 0.3) is 11.9 Å². The molecule has 2 aliphatic rings. The van der Waals surface area contributed by atoms with E-state index in [0.29, 0.717) is 18.0 Å². The van der Waals surface area contributed by atoms with Crippen LogP contribution in [0.15, 0.2) is 54.9 Å². The largest absolute Gasteiger partial charge is 0.481 e. The van der Waals surface area contributed by atoms with Gasteiger partial charge >= 0.3 is 0 Å². The van der Waals surface area contributed by atoms with Crippen LogP contribution in [0.5, 0.6) is 0 Å². The molecule has 2 N–H and O–H groups in total. The second-order valence-corrected chi connectivity index (χ2v) is 7.76. The third kappa shape index (κ3) is 6.26. The van der Waals surface area contributed by atoms with Crippen LogP contribution in [-0.4, -0.2) is 53.0 Å². The Morgan fingerprint density at radius 2 is 2.00 bits per heavy atom. The van der Waals surface area contributed by atoms with Crippen molar-refractivity contribution in [3.05, 3.63) is 71.6 Å². The molecule has 30 heavy (non-hydrogen) atoms. The molecule has 0 spiro atoms. The van der Waals surface area contributed by atoms with E-state index >= 15 is 0 Å². The first-order valence-corrected chi connectivity index (χ1v) is 10.4. The average molecular weight is 408 g/mol.